The van der Waals surface area contributed by atoms with Gasteiger partial charge in [-0.3, -0.25) is 4.79 Å². The van der Waals surface area contributed by atoms with Crippen LogP contribution < -0.4 is 16.8 Å². The Bertz CT molecular complexity index is 380. The molecule has 4 nitrogen and oxygen atoms in total. The Hall–Kier alpha value is -1.71. The van der Waals surface area contributed by atoms with Gasteiger partial charge in [0.05, 0.1) is 16.9 Å². The van der Waals surface area contributed by atoms with Gasteiger partial charge in [0.1, 0.15) is 0 Å². The molecule has 5 N–H and O–H groups in total. The second kappa shape index (κ2) is 3.81. The normalized spacial score (nSPS) is 11.1. The fourth-order valence-corrected chi connectivity index (χ4v) is 1.19. The number of para-hydroxylation sites is 1. The van der Waals surface area contributed by atoms with E-state index in [1.165, 1.54) is 0 Å². The number of anilines is 2. The lowest BCUT2D eigenvalue weighted by Crippen LogP contribution is -2.40. The van der Waals surface area contributed by atoms with Gasteiger partial charge in [-0.15, -0.1) is 0 Å². The minimum atomic E-state index is -0.284. The van der Waals surface area contributed by atoms with Crippen molar-refractivity contribution < 1.29 is 4.79 Å². The van der Waals surface area contributed by atoms with Gasteiger partial charge in [-0.1, -0.05) is 6.07 Å². The second-order valence-electron chi connectivity index (χ2n) is 4.51. The molecule has 0 bridgehead atoms. The van der Waals surface area contributed by atoms with Crippen LogP contribution in [0.25, 0.3) is 0 Å². The number of nitrogens with two attached hydrogens (primary N) is 2. The van der Waals surface area contributed by atoms with Crippen LogP contribution in [0.3, 0.4) is 0 Å². The van der Waals surface area contributed by atoms with E-state index in [4.69, 9.17) is 11.5 Å². The lowest BCUT2D eigenvalue weighted by Gasteiger charge is -2.21. The fourth-order valence-electron chi connectivity index (χ4n) is 1.19. The molecular weight excluding hydrogens is 190 g/mol. The number of nitrogens with one attached hydrogen (secondary N) is 1. The third kappa shape index (κ3) is 2.87. The maximum absolute atomic E-state index is 11.8. The second-order valence-corrected chi connectivity index (χ2v) is 4.51. The van der Waals surface area contributed by atoms with Gasteiger partial charge in [0.15, 0.2) is 0 Å². The number of amides is 1. The topological polar surface area (TPSA) is 81.1 Å². The first-order valence-corrected chi connectivity index (χ1v) is 4.78. The van der Waals surface area contributed by atoms with Crippen LogP contribution in [0.15, 0.2) is 18.2 Å². The SMILES string of the molecule is CC(C)(C)NC(=O)c1cccc(N)c1N. The van der Waals surface area contributed by atoms with Crippen LogP contribution in [0, 0.1) is 0 Å². The Kier molecular flexibility index (Phi) is 2.88. The molecule has 1 aromatic carbocycles. The molecule has 0 saturated carbocycles. The van der Waals surface area contributed by atoms with Crippen molar-refractivity contribution in [1.82, 2.24) is 5.32 Å². The highest BCUT2D eigenvalue weighted by atomic mass is 16.1. The Balaban J connectivity index is 2.97. The van der Waals surface area contributed by atoms with Crippen molar-refractivity contribution in [1.29, 1.82) is 0 Å². The Morgan fingerprint density at radius 3 is 2.40 bits per heavy atom. The first-order valence-electron chi connectivity index (χ1n) is 4.78. The van der Waals surface area contributed by atoms with Gasteiger partial charge in [-0.25, -0.2) is 0 Å². The maximum atomic E-state index is 11.8. The first kappa shape index (κ1) is 11.4. The van der Waals surface area contributed by atoms with E-state index in [-0.39, 0.29) is 11.4 Å². The molecule has 1 aromatic rings. The van der Waals surface area contributed by atoms with Crippen molar-refractivity contribution in [3.8, 4) is 0 Å². The molecule has 0 aliphatic carbocycles. The summed E-state index contributed by atoms with van der Waals surface area (Å²) in [6.07, 6.45) is 0. The van der Waals surface area contributed by atoms with E-state index in [1.807, 2.05) is 20.8 Å². The van der Waals surface area contributed by atoms with Crippen LogP contribution in [0.1, 0.15) is 31.1 Å². The molecule has 0 aromatic heterocycles. The quantitative estimate of drug-likeness (QED) is 0.608. The van der Waals surface area contributed by atoms with Crippen LogP contribution in [-0.4, -0.2) is 11.4 Å². The van der Waals surface area contributed by atoms with Crippen LogP contribution in [-0.2, 0) is 0 Å². The van der Waals surface area contributed by atoms with Crippen LogP contribution in [0.5, 0.6) is 0 Å². The first-order chi connectivity index (χ1) is 6.81. The number of rotatable bonds is 1. The summed E-state index contributed by atoms with van der Waals surface area (Å²) < 4.78 is 0. The molecule has 0 fully saturated rings. The molecule has 0 radical (unpaired) electrons. The molecular formula is C11H17N3O. The standard InChI is InChI=1S/C11H17N3O/c1-11(2,3)14-10(15)7-5-4-6-8(12)9(7)13/h4-6H,12-13H2,1-3H3,(H,14,15). The molecule has 82 valence electrons. The van der Waals surface area contributed by atoms with Gasteiger partial charge >= 0.3 is 0 Å². The lowest BCUT2D eigenvalue weighted by molar-refractivity contribution is 0.0920. The largest absolute Gasteiger partial charge is 0.397 e. The number of carbonyl (C=O) groups excluding carboxylic acids is 1. The molecule has 0 saturated heterocycles. The lowest BCUT2D eigenvalue weighted by atomic mass is 10.1. The van der Waals surface area contributed by atoms with Gasteiger partial charge in [0, 0.05) is 5.54 Å². The minimum absolute atomic E-state index is 0.202. The molecule has 0 aliphatic rings. The Morgan fingerprint density at radius 1 is 1.27 bits per heavy atom. The number of nitrogen functional groups attached to an aromatic ring is 2. The van der Waals surface area contributed by atoms with Crippen molar-refractivity contribution in [2.75, 3.05) is 11.5 Å². The Labute approximate surface area is 89.6 Å². The van der Waals surface area contributed by atoms with Crippen molar-refractivity contribution in [3.63, 3.8) is 0 Å². The number of hydrogen-bond acceptors (Lipinski definition) is 3. The van der Waals surface area contributed by atoms with E-state index in [0.29, 0.717) is 16.9 Å². The zero-order valence-corrected chi connectivity index (χ0v) is 9.29. The van der Waals surface area contributed by atoms with Crippen molar-refractivity contribution >= 4 is 17.3 Å². The fraction of sp³-hybridized carbons (Fsp3) is 0.364. The summed E-state index contributed by atoms with van der Waals surface area (Å²) in [5.74, 6) is -0.202. The zero-order chi connectivity index (χ0) is 11.6. The number of benzene rings is 1. The molecule has 1 rings (SSSR count). The van der Waals surface area contributed by atoms with E-state index < -0.39 is 0 Å². The van der Waals surface area contributed by atoms with E-state index in [2.05, 4.69) is 5.32 Å². The molecule has 0 unspecified atom stereocenters. The molecule has 0 spiro atoms. The molecule has 1 amide bonds. The van der Waals surface area contributed by atoms with Crippen LogP contribution in [0.2, 0.25) is 0 Å². The smallest absolute Gasteiger partial charge is 0.253 e. The average molecular weight is 207 g/mol. The molecule has 15 heavy (non-hydrogen) atoms. The van der Waals surface area contributed by atoms with Gasteiger partial charge in [-0.2, -0.15) is 0 Å². The van der Waals surface area contributed by atoms with Gasteiger partial charge in [-0.05, 0) is 32.9 Å². The Morgan fingerprint density at radius 2 is 1.87 bits per heavy atom. The van der Waals surface area contributed by atoms with Gasteiger partial charge in [0.2, 0.25) is 0 Å². The monoisotopic (exact) mass is 207 g/mol. The van der Waals surface area contributed by atoms with Crippen molar-refractivity contribution in [2.45, 2.75) is 26.3 Å². The van der Waals surface area contributed by atoms with Crippen LogP contribution >= 0.6 is 0 Å². The number of carbonyl (C=O) groups is 1. The summed E-state index contributed by atoms with van der Waals surface area (Å²) in [4.78, 5) is 11.8. The summed E-state index contributed by atoms with van der Waals surface area (Å²) in [5, 5.41) is 2.83. The van der Waals surface area contributed by atoms with Crippen LogP contribution in [0.4, 0.5) is 11.4 Å². The zero-order valence-electron chi connectivity index (χ0n) is 9.29. The highest BCUT2D eigenvalue weighted by Gasteiger charge is 2.17. The summed E-state index contributed by atoms with van der Waals surface area (Å²) in [6, 6.07) is 5.04. The van der Waals surface area contributed by atoms with Gasteiger partial charge < -0.3 is 16.8 Å². The van der Waals surface area contributed by atoms with Crippen molar-refractivity contribution in [3.05, 3.63) is 23.8 Å². The van der Waals surface area contributed by atoms with E-state index >= 15 is 0 Å². The highest BCUT2D eigenvalue weighted by molar-refractivity contribution is 6.01. The highest BCUT2D eigenvalue weighted by Crippen LogP contribution is 2.19. The molecule has 0 atom stereocenters. The molecule has 4 heteroatoms. The maximum Gasteiger partial charge on any atom is 0.253 e. The van der Waals surface area contributed by atoms with Gasteiger partial charge in [0.25, 0.3) is 5.91 Å². The van der Waals surface area contributed by atoms with E-state index in [9.17, 15) is 4.79 Å². The summed E-state index contributed by atoms with van der Waals surface area (Å²) in [7, 11) is 0. The summed E-state index contributed by atoms with van der Waals surface area (Å²) >= 11 is 0. The van der Waals surface area contributed by atoms with Crippen molar-refractivity contribution in [2.24, 2.45) is 0 Å². The summed E-state index contributed by atoms with van der Waals surface area (Å²) in [5.41, 5.74) is 12.2. The minimum Gasteiger partial charge on any atom is -0.397 e. The van der Waals surface area contributed by atoms with E-state index in [0.717, 1.165) is 0 Å². The summed E-state index contributed by atoms with van der Waals surface area (Å²) in [6.45, 7) is 5.73. The number of hydrogen-bond donors (Lipinski definition) is 3. The molecule has 0 aliphatic heterocycles. The average Bonchev–Trinajstić information content (AvgIpc) is 2.06. The van der Waals surface area contributed by atoms with E-state index in [1.54, 1.807) is 18.2 Å². The predicted octanol–water partition coefficient (Wildman–Crippen LogP) is 1.38. The third-order valence-corrected chi connectivity index (χ3v) is 1.87. The predicted molar refractivity (Wildman–Crippen MR) is 62.5 cm³/mol. The molecule has 0 heterocycles. The third-order valence-electron chi connectivity index (χ3n) is 1.87.